The molecule has 1 aromatic heterocycles. The van der Waals surface area contributed by atoms with Crippen molar-refractivity contribution < 1.29 is 8.42 Å². The maximum atomic E-state index is 12.4. The lowest BCUT2D eigenvalue weighted by atomic mass is 10.2. The zero-order valence-electron chi connectivity index (χ0n) is 13.0. The second-order valence-electron chi connectivity index (χ2n) is 5.58. The van der Waals surface area contributed by atoms with Gasteiger partial charge >= 0.3 is 0 Å². The summed E-state index contributed by atoms with van der Waals surface area (Å²) in [6.07, 6.45) is 1.51. The number of nitrogens with zero attached hydrogens (tertiary/aromatic N) is 1. The summed E-state index contributed by atoms with van der Waals surface area (Å²) in [4.78, 5) is 4.49. The standard InChI is InChI=1S/C16H21N3O2S/c1-12(2)10-17-16-9-8-14(11-18-16)19-22(20,21)15-7-5-4-6-13(15)3/h4-9,11-12,19H,10H2,1-3H3,(H,17,18). The molecule has 0 aliphatic carbocycles. The van der Waals surface area contributed by atoms with Crippen LogP contribution in [0, 0.1) is 12.8 Å². The summed E-state index contributed by atoms with van der Waals surface area (Å²) in [5.74, 6) is 1.24. The average Bonchev–Trinajstić information content (AvgIpc) is 2.46. The first kappa shape index (κ1) is 16.3. The van der Waals surface area contributed by atoms with Crippen molar-refractivity contribution >= 4 is 21.5 Å². The Morgan fingerprint density at radius 1 is 1.14 bits per heavy atom. The zero-order chi connectivity index (χ0) is 16.2. The first-order chi connectivity index (χ1) is 10.4. The maximum absolute atomic E-state index is 12.4. The molecule has 2 aromatic rings. The Labute approximate surface area is 131 Å². The summed E-state index contributed by atoms with van der Waals surface area (Å²) < 4.78 is 27.3. The predicted molar refractivity (Wildman–Crippen MR) is 89.6 cm³/mol. The van der Waals surface area contributed by atoms with Gasteiger partial charge in [-0.25, -0.2) is 13.4 Å². The van der Waals surface area contributed by atoms with Crippen LogP contribution >= 0.6 is 0 Å². The Bertz CT molecular complexity index is 725. The number of nitrogens with one attached hydrogen (secondary N) is 2. The molecule has 1 heterocycles. The Morgan fingerprint density at radius 2 is 1.86 bits per heavy atom. The molecule has 0 amide bonds. The highest BCUT2D eigenvalue weighted by Gasteiger charge is 2.16. The van der Waals surface area contributed by atoms with Crippen molar-refractivity contribution in [3.05, 3.63) is 48.2 Å². The number of rotatable bonds is 6. The number of aromatic nitrogens is 1. The van der Waals surface area contributed by atoms with Crippen molar-refractivity contribution in [2.24, 2.45) is 5.92 Å². The molecule has 0 unspecified atom stereocenters. The largest absolute Gasteiger partial charge is 0.370 e. The van der Waals surface area contributed by atoms with Gasteiger partial charge in [0.05, 0.1) is 16.8 Å². The lowest BCUT2D eigenvalue weighted by Gasteiger charge is -2.11. The van der Waals surface area contributed by atoms with Crippen LogP contribution in [0.3, 0.4) is 0 Å². The zero-order valence-corrected chi connectivity index (χ0v) is 13.8. The van der Waals surface area contributed by atoms with Crippen molar-refractivity contribution in [2.45, 2.75) is 25.7 Å². The van der Waals surface area contributed by atoms with Gasteiger partial charge in [0.25, 0.3) is 10.0 Å². The van der Waals surface area contributed by atoms with E-state index in [2.05, 4.69) is 28.9 Å². The average molecular weight is 319 g/mol. The van der Waals surface area contributed by atoms with Crippen molar-refractivity contribution in [1.29, 1.82) is 0 Å². The molecule has 0 bridgehead atoms. The fraction of sp³-hybridized carbons (Fsp3) is 0.312. The van der Waals surface area contributed by atoms with Gasteiger partial charge in [0.15, 0.2) is 0 Å². The number of benzene rings is 1. The lowest BCUT2D eigenvalue weighted by Crippen LogP contribution is -2.14. The molecule has 0 spiro atoms. The topological polar surface area (TPSA) is 71.1 Å². The van der Waals surface area contributed by atoms with Gasteiger partial charge < -0.3 is 5.32 Å². The molecule has 0 saturated carbocycles. The first-order valence-electron chi connectivity index (χ1n) is 7.17. The Hall–Kier alpha value is -2.08. The summed E-state index contributed by atoms with van der Waals surface area (Å²) in [6, 6.07) is 10.3. The van der Waals surface area contributed by atoms with E-state index in [-0.39, 0.29) is 4.90 Å². The van der Waals surface area contributed by atoms with E-state index in [1.807, 2.05) is 6.07 Å². The summed E-state index contributed by atoms with van der Waals surface area (Å²) in [7, 11) is -3.59. The molecule has 0 aliphatic heterocycles. The number of aryl methyl sites for hydroxylation is 1. The van der Waals surface area contributed by atoms with E-state index >= 15 is 0 Å². The van der Waals surface area contributed by atoms with E-state index in [9.17, 15) is 8.42 Å². The van der Waals surface area contributed by atoms with Crippen LogP contribution in [0.15, 0.2) is 47.5 Å². The number of hydrogen-bond donors (Lipinski definition) is 2. The fourth-order valence-electron chi connectivity index (χ4n) is 1.94. The predicted octanol–water partition coefficient (Wildman–Crippen LogP) is 3.26. The highest BCUT2D eigenvalue weighted by molar-refractivity contribution is 7.92. The minimum absolute atomic E-state index is 0.275. The third-order valence-corrected chi connectivity index (χ3v) is 4.63. The van der Waals surface area contributed by atoms with Gasteiger partial charge in [-0.2, -0.15) is 0 Å². The third-order valence-electron chi connectivity index (χ3n) is 3.09. The Morgan fingerprint density at radius 3 is 2.45 bits per heavy atom. The van der Waals surface area contributed by atoms with Crippen molar-refractivity contribution in [1.82, 2.24) is 4.98 Å². The van der Waals surface area contributed by atoms with E-state index in [1.54, 1.807) is 37.3 Å². The molecule has 2 N–H and O–H groups in total. The van der Waals surface area contributed by atoms with Gasteiger partial charge in [-0.05, 0) is 36.6 Å². The normalized spacial score (nSPS) is 11.5. The third kappa shape index (κ3) is 4.21. The maximum Gasteiger partial charge on any atom is 0.262 e. The van der Waals surface area contributed by atoms with E-state index in [0.717, 1.165) is 12.4 Å². The van der Waals surface area contributed by atoms with E-state index in [1.165, 1.54) is 6.20 Å². The van der Waals surface area contributed by atoms with Gasteiger partial charge in [-0.15, -0.1) is 0 Å². The highest BCUT2D eigenvalue weighted by Crippen LogP contribution is 2.19. The molecular weight excluding hydrogens is 298 g/mol. The number of hydrogen-bond acceptors (Lipinski definition) is 4. The smallest absolute Gasteiger partial charge is 0.262 e. The van der Waals surface area contributed by atoms with Gasteiger partial charge in [0.1, 0.15) is 5.82 Å². The van der Waals surface area contributed by atoms with E-state index in [4.69, 9.17) is 0 Å². The molecule has 118 valence electrons. The number of sulfonamides is 1. The Kier molecular flexibility index (Phi) is 5.03. The summed E-state index contributed by atoms with van der Waals surface area (Å²) in [5.41, 5.74) is 1.15. The second kappa shape index (κ2) is 6.79. The molecular formula is C16H21N3O2S. The van der Waals surface area contributed by atoms with Crippen molar-refractivity contribution in [3.8, 4) is 0 Å². The summed E-state index contributed by atoms with van der Waals surface area (Å²) in [5, 5.41) is 3.19. The summed E-state index contributed by atoms with van der Waals surface area (Å²) in [6.45, 7) is 6.81. The quantitative estimate of drug-likeness (QED) is 0.857. The van der Waals surface area contributed by atoms with Crippen LogP contribution in [0.4, 0.5) is 11.5 Å². The first-order valence-corrected chi connectivity index (χ1v) is 8.65. The van der Waals surface area contributed by atoms with Crippen LogP contribution in [0.5, 0.6) is 0 Å². The molecule has 6 heteroatoms. The van der Waals surface area contributed by atoms with Crippen LogP contribution in [-0.4, -0.2) is 19.9 Å². The lowest BCUT2D eigenvalue weighted by molar-refractivity contribution is 0.600. The van der Waals surface area contributed by atoms with Crippen molar-refractivity contribution in [2.75, 3.05) is 16.6 Å². The molecule has 1 aromatic carbocycles. The minimum atomic E-state index is -3.59. The monoisotopic (exact) mass is 319 g/mol. The van der Waals surface area contributed by atoms with Gasteiger partial charge in [0.2, 0.25) is 0 Å². The summed E-state index contributed by atoms with van der Waals surface area (Å²) >= 11 is 0. The second-order valence-corrected chi connectivity index (χ2v) is 7.23. The molecule has 0 saturated heterocycles. The van der Waals surface area contributed by atoms with Crippen molar-refractivity contribution in [3.63, 3.8) is 0 Å². The number of pyridine rings is 1. The molecule has 2 rings (SSSR count). The fourth-order valence-corrected chi connectivity index (χ4v) is 3.23. The van der Waals surface area contributed by atoms with E-state index in [0.29, 0.717) is 17.2 Å². The van der Waals surface area contributed by atoms with Crippen LogP contribution in [0.25, 0.3) is 0 Å². The minimum Gasteiger partial charge on any atom is -0.370 e. The van der Waals surface area contributed by atoms with Gasteiger partial charge in [-0.1, -0.05) is 32.0 Å². The Balaban J connectivity index is 2.12. The molecule has 0 atom stereocenters. The SMILES string of the molecule is Cc1ccccc1S(=O)(=O)Nc1ccc(NCC(C)C)nc1. The molecule has 0 radical (unpaired) electrons. The van der Waals surface area contributed by atoms with Crippen LogP contribution in [0.2, 0.25) is 0 Å². The molecule has 5 nitrogen and oxygen atoms in total. The van der Waals surface area contributed by atoms with Crippen LogP contribution in [-0.2, 0) is 10.0 Å². The van der Waals surface area contributed by atoms with Gasteiger partial charge in [0, 0.05) is 6.54 Å². The molecule has 0 aliphatic rings. The van der Waals surface area contributed by atoms with Crippen LogP contribution < -0.4 is 10.0 Å². The van der Waals surface area contributed by atoms with Gasteiger partial charge in [-0.3, -0.25) is 4.72 Å². The molecule has 0 fully saturated rings. The van der Waals surface area contributed by atoms with Crippen LogP contribution in [0.1, 0.15) is 19.4 Å². The number of anilines is 2. The highest BCUT2D eigenvalue weighted by atomic mass is 32.2. The molecule has 22 heavy (non-hydrogen) atoms. The van der Waals surface area contributed by atoms with E-state index < -0.39 is 10.0 Å².